The summed E-state index contributed by atoms with van der Waals surface area (Å²) in [5.74, 6) is 0.859. The molecule has 1 aliphatic heterocycles. The Morgan fingerprint density at radius 2 is 2.05 bits per heavy atom. The predicted molar refractivity (Wildman–Crippen MR) is 77.8 cm³/mol. The molecule has 0 spiro atoms. The van der Waals surface area contributed by atoms with Crippen molar-refractivity contribution in [2.24, 2.45) is 17.6 Å². The maximum absolute atomic E-state index is 12.2. The van der Waals surface area contributed by atoms with Crippen LogP contribution >= 0.6 is 0 Å². The normalized spacial score (nSPS) is 32.7. The fourth-order valence-electron chi connectivity index (χ4n) is 3.36. The smallest absolute Gasteiger partial charge is 0.224 e. The van der Waals surface area contributed by atoms with Crippen LogP contribution < -0.4 is 11.1 Å². The summed E-state index contributed by atoms with van der Waals surface area (Å²) in [7, 11) is 0. The molecule has 2 aliphatic rings. The molecule has 2 fully saturated rings. The highest BCUT2D eigenvalue weighted by Crippen LogP contribution is 2.23. The van der Waals surface area contributed by atoms with E-state index in [1.807, 2.05) is 0 Å². The van der Waals surface area contributed by atoms with Crippen LogP contribution in [0.5, 0.6) is 0 Å². The van der Waals surface area contributed by atoms with E-state index in [1.165, 1.54) is 19.4 Å². The van der Waals surface area contributed by atoms with Gasteiger partial charge in [0.15, 0.2) is 0 Å². The fraction of sp³-hybridized carbons (Fsp3) is 0.933. The summed E-state index contributed by atoms with van der Waals surface area (Å²) >= 11 is 0. The topological polar surface area (TPSA) is 58.4 Å². The average Bonchev–Trinajstić information content (AvgIpc) is 2.85. The zero-order valence-electron chi connectivity index (χ0n) is 12.4. The average molecular weight is 267 g/mol. The lowest BCUT2D eigenvalue weighted by Crippen LogP contribution is -2.45. The molecule has 1 heterocycles. The summed E-state index contributed by atoms with van der Waals surface area (Å²) in [4.78, 5) is 14.7. The number of hydrogen-bond donors (Lipinski definition) is 2. The number of rotatable bonds is 4. The molecule has 0 aromatic rings. The second-order valence-electron chi connectivity index (χ2n) is 6.54. The van der Waals surface area contributed by atoms with Crippen LogP contribution in [0.4, 0.5) is 0 Å². The van der Waals surface area contributed by atoms with Gasteiger partial charge in [0.2, 0.25) is 5.91 Å². The lowest BCUT2D eigenvalue weighted by Gasteiger charge is -2.28. The Kier molecular flexibility index (Phi) is 5.22. The van der Waals surface area contributed by atoms with Crippen molar-refractivity contribution in [3.63, 3.8) is 0 Å². The summed E-state index contributed by atoms with van der Waals surface area (Å²) in [6.07, 6.45) is 5.50. The van der Waals surface area contributed by atoms with Gasteiger partial charge >= 0.3 is 0 Å². The molecule has 1 saturated heterocycles. The summed E-state index contributed by atoms with van der Waals surface area (Å²) in [6, 6.07) is 0.692. The van der Waals surface area contributed by atoms with E-state index < -0.39 is 0 Å². The molecule has 3 N–H and O–H groups in total. The molecule has 2 rings (SSSR count). The Balaban J connectivity index is 1.72. The van der Waals surface area contributed by atoms with Crippen molar-refractivity contribution in [2.45, 2.75) is 58.0 Å². The van der Waals surface area contributed by atoms with Crippen molar-refractivity contribution >= 4 is 5.91 Å². The number of carbonyl (C=O) groups excluding carboxylic acids is 1. The highest BCUT2D eigenvalue weighted by atomic mass is 16.1. The van der Waals surface area contributed by atoms with Gasteiger partial charge in [0.1, 0.15) is 0 Å². The fourth-order valence-corrected chi connectivity index (χ4v) is 3.36. The van der Waals surface area contributed by atoms with Crippen LogP contribution in [0.25, 0.3) is 0 Å². The molecule has 0 aromatic carbocycles. The van der Waals surface area contributed by atoms with Gasteiger partial charge in [-0.1, -0.05) is 12.8 Å². The molecule has 3 atom stereocenters. The van der Waals surface area contributed by atoms with Crippen molar-refractivity contribution in [1.29, 1.82) is 0 Å². The van der Waals surface area contributed by atoms with E-state index in [4.69, 9.17) is 5.73 Å². The van der Waals surface area contributed by atoms with Crippen molar-refractivity contribution in [3.8, 4) is 0 Å². The van der Waals surface area contributed by atoms with Crippen LogP contribution in [-0.2, 0) is 4.79 Å². The molecule has 0 aromatic heterocycles. The van der Waals surface area contributed by atoms with Gasteiger partial charge in [-0.25, -0.2) is 0 Å². The van der Waals surface area contributed by atoms with Crippen LogP contribution in [0.3, 0.4) is 0 Å². The van der Waals surface area contributed by atoms with Crippen LogP contribution in [-0.4, -0.2) is 42.5 Å². The monoisotopic (exact) mass is 267 g/mol. The number of nitrogens with two attached hydrogens (primary N) is 1. The molecule has 4 heteroatoms. The van der Waals surface area contributed by atoms with E-state index >= 15 is 0 Å². The standard InChI is InChI=1S/C15H29N3O/c1-11(2)18-8-7-12(10-18)9-17-15(19)13-5-3-4-6-14(13)16/h11-14H,3-10,16H2,1-2H3,(H,17,19). The number of hydrogen-bond acceptors (Lipinski definition) is 3. The molecule has 1 aliphatic carbocycles. The van der Waals surface area contributed by atoms with Crippen molar-refractivity contribution in [2.75, 3.05) is 19.6 Å². The van der Waals surface area contributed by atoms with Gasteiger partial charge in [-0.15, -0.1) is 0 Å². The van der Waals surface area contributed by atoms with Gasteiger partial charge in [0.05, 0.1) is 5.92 Å². The molecule has 1 amide bonds. The first kappa shape index (κ1) is 14.8. The number of carbonyl (C=O) groups is 1. The quantitative estimate of drug-likeness (QED) is 0.808. The van der Waals surface area contributed by atoms with Gasteiger partial charge in [-0.2, -0.15) is 0 Å². The Morgan fingerprint density at radius 3 is 2.68 bits per heavy atom. The van der Waals surface area contributed by atoms with Gasteiger partial charge in [-0.05, 0) is 45.6 Å². The first-order valence-electron chi connectivity index (χ1n) is 7.85. The molecule has 4 nitrogen and oxygen atoms in total. The predicted octanol–water partition coefficient (Wildman–Crippen LogP) is 1.35. The molecule has 110 valence electrons. The van der Waals surface area contributed by atoms with E-state index in [-0.39, 0.29) is 17.9 Å². The highest BCUT2D eigenvalue weighted by molar-refractivity contribution is 5.79. The summed E-state index contributed by atoms with van der Waals surface area (Å²) in [5, 5.41) is 3.14. The summed E-state index contributed by atoms with van der Waals surface area (Å²) in [6.45, 7) is 7.59. The molecule has 0 radical (unpaired) electrons. The van der Waals surface area contributed by atoms with Crippen molar-refractivity contribution in [1.82, 2.24) is 10.2 Å². The SMILES string of the molecule is CC(C)N1CCC(CNC(=O)C2CCCCC2N)C1. The van der Waals surface area contributed by atoms with E-state index in [0.717, 1.165) is 32.4 Å². The highest BCUT2D eigenvalue weighted by Gasteiger charge is 2.29. The van der Waals surface area contributed by atoms with Gasteiger partial charge in [0.25, 0.3) is 0 Å². The van der Waals surface area contributed by atoms with Crippen molar-refractivity contribution in [3.05, 3.63) is 0 Å². The van der Waals surface area contributed by atoms with Gasteiger partial charge < -0.3 is 16.0 Å². The van der Waals surface area contributed by atoms with Gasteiger partial charge in [-0.3, -0.25) is 4.79 Å². The van der Waals surface area contributed by atoms with E-state index in [0.29, 0.717) is 12.0 Å². The maximum Gasteiger partial charge on any atom is 0.224 e. The minimum atomic E-state index is 0.0522. The van der Waals surface area contributed by atoms with Crippen LogP contribution in [0.15, 0.2) is 0 Å². The zero-order chi connectivity index (χ0) is 13.8. The summed E-state index contributed by atoms with van der Waals surface area (Å²) < 4.78 is 0. The lowest BCUT2D eigenvalue weighted by atomic mass is 9.84. The second-order valence-corrected chi connectivity index (χ2v) is 6.54. The first-order valence-corrected chi connectivity index (χ1v) is 7.85. The zero-order valence-corrected chi connectivity index (χ0v) is 12.4. The molecule has 1 saturated carbocycles. The molecule has 19 heavy (non-hydrogen) atoms. The third-order valence-corrected chi connectivity index (χ3v) is 4.77. The second kappa shape index (κ2) is 6.71. The molecular formula is C15H29N3O. The minimum Gasteiger partial charge on any atom is -0.355 e. The maximum atomic E-state index is 12.2. The summed E-state index contributed by atoms with van der Waals surface area (Å²) in [5.41, 5.74) is 6.06. The Labute approximate surface area is 117 Å². The van der Waals surface area contributed by atoms with Crippen molar-refractivity contribution < 1.29 is 4.79 Å². The molecular weight excluding hydrogens is 238 g/mol. The van der Waals surface area contributed by atoms with Gasteiger partial charge in [0, 0.05) is 25.2 Å². The lowest BCUT2D eigenvalue weighted by molar-refractivity contribution is -0.126. The molecule has 0 bridgehead atoms. The first-order chi connectivity index (χ1) is 9.08. The Morgan fingerprint density at radius 1 is 1.32 bits per heavy atom. The number of nitrogens with zero attached hydrogens (tertiary/aromatic N) is 1. The third kappa shape index (κ3) is 3.93. The Hall–Kier alpha value is -0.610. The number of amides is 1. The molecule has 3 unspecified atom stereocenters. The van der Waals surface area contributed by atoms with Crippen LogP contribution in [0, 0.1) is 11.8 Å². The van der Waals surface area contributed by atoms with E-state index in [9.17, 15) is 4.79 Å². The van der Waals surface area contributed by atoms with Crippen LogP contribution in [0.1, 0.15) is 46.0 Å². The van der Waals surface area contributed by atoms with E-state index in [2.05, 4.69) is 24.1 Å². The number of likely N-dealkylation sites (tertiary alicyclic amines) is 1. The van der Waals surface area contributed by atoms with Crippen LogP contribution in [0.2, 0.25) is 0 Å². The van der Waals surface area contributed by atoms with E-state index in [1.54, 1.807) is 0 Å². The largest absolute Gasteiger partial charge is 0.355 e. The minimum absolute atomic E-state index is 0.0522. The Bertz CT molecular complexity index is 306. The number of nitrogens with one attached hydrogen (secondary N) is 1. The third-order valence-electron chi connectivity index (χ3n) is 4.77.